The van der Waals surface area contributed by atoms with Crippen molar-refractivity contribution in [2.24, 2.45) is 0 Å². The lowest BCUT2D eigenvalue weighted by Gasteiger charge is -2.14. The Morgan fingerprint density at radius 2 is 1.88 bits per heavy atom. The molecule has 0 saturated carbocycles. The summed E-state index contributed by atoms with van der Waals surface area (Å²) in [6.45, 7) is 2.14. The predicted octanol–water partition coefficient (Wildman–Crippen LogP) is 2.87. The van der Waals surface area contributed by atoms with E-state index in [0.29, 0.717) is 29.1 Å². The van der Waals surface area contributed by atoms with Crippen LogP contribution < -0.4 is 5.32 Å². The van der Waals surface area contributed by atoms with Crippen LogP contribution in [-0.4, -0.2) is 39.3 Å². The summed E-state index contributed by atoms with van der Waals surface area (Å²) >= 11 is 5.93. The maximum absolute atomic E-state index is 12.3. The van der Waals surface area contributed by atoms with Gasteiger partial charge in [0.25, 0.3) is 5.91 Å². The lowest BCUT2D eigenvalue weighted by Crippen LogP contribution is -2.27. The Morgan fingerprint density at radius 3 is 2.52 bits per heavy atom. The highest BCUT2D eigenvalue weighted by molar-refractivity contribution is 7.89. The molecule has 7 heteroatoms. The van der Waals surface area contributed by atoms with Crippen LogP contribution >= 0.6 is 11.6 Å². The average molecular weight is 381 g/mol. The van der Waals surface area contributed by atoms with Crippen molar-refractivity contribution in [1.82, 2.24) is 9.62 Å². The monoisotopic (exact) mass is 380 g/mol. The maximum Gasteiger partial charge on any atom is 0.251 e. The molecule has 0 unspecified atom stereocenters. The number of halogens is 1. The lowest BCUT2D eigenvalue weighted by atomic mass is 10.1. The Kier molecular flexibility index (Phi) is 6.21. The molecule has 5 nitrogen and oxygen atoms in total. The third-order valence-electron chi connectivity index (χ3n) is 3.80. The molecule has 0 bridgehead atoms. The number of carbonyl (C=O) groups is 1. The number of nitrogens with one attached hydrogen (secondary N) is 1. The van der Waals surface area contributed by atoms with Crippen molar-refractivity contribution in [3.63, 3.8) is 0 Å². The molecule has 0 atom stereocenters. The van der Waals surface area contributed by atoms with E-state index in [9.17, 15) is 13.2 Å². The van der Waals surface area contributed by atoms with Crippen molar-refractivity contribution in [2.45, 2.75) is 18.2 Å². The number of aryl methyl sites for hydroxylation is 1. The molecule has 0 radical (unpaired) electrons. The van der Waals surface area contributed by atoms with Crippen molar-refractivity contribution in [1.29, 1.82) is 0 Å². The topological polar surface area (TPSA) is 66.5 Å². The molecule has 0 aliphatic rings. The van der Waals surface area contributed by atoms with E-state index >= 15 is 0 Å². The van der Waals surface area contributed by atoms with Crippen molar-refractivity contribution < 1.29 is 13.2 Å². The van der Waals surface area contributed by atoms with Gasteiger partial charge in [-0.05, 0) is 48.7 Å². The van der Waals surface area contributed by atoms with Gasteiger partial charge in [-0.15, -0.1) is 0 Å². The number of amides is 1. The number of carbonyl (C=O) groups excluding carboxylic acids is 1. The van der Waals surface area contributed by atoms with Crippen LogP contribution in [0.4, 0.5) is 0 Å². The van der Waals surface area contributed by atoms with Gasteiger partial charge in [0.2, 0.25) is 10.0 Å². The third-order valence-corrected chi connectivity index (χ3v) is 5.99. The van der Waals surface area contributed by atoms with E-state index in [1.165, 1.54) is 20.2 Å². The quantitative estimate of drug-likeness (QED) is 0.837. The number of benzene rings is 2. The molecule has 0 fully saturated rings. The average Bonchev–Trinajstić information content (AvgIpc) is 2.54. The molecule has 1 amide bonds. The van der Waals surface area contributed by atoms with Crippen molar-refractivity contribution >= 4 is 27.5 Å². The molecule has 134 valence electrons. The molecule has 0 heterocycles. The van der Waals surface area contributed by atoms with Crippen LogP contribution in [-0.2, 0) is 16.4 Å². The van der Waals surface area contributed by atoms with Crippen molar-refractivity contribution in [3.05, 3.63) is 64.2 Å². The molecule has 0 spiro atoms. The van der Waals surface area contributed by atoms with Crippen LogP contribution in [0, 0.1) is 6.92 Å². The van der Waals surface area contributed by atoms with E-state index in [4.69, 9.17) is 11.6 Å². The Hall–Kier alpha value is -1.89. The normalized spacial score (nSPS) is 11.6. The zero-order chi connectivity index (χ0) is 18.6. The van der Waals surface area contributed by atoms with Gasteiger partial charge in [0.05, 0.1) is 4.90 Å². The number of hydrogen-bond donors (Lipinski definition) is 1. The number of nitrogens with zero attached hydrogens (tertiary/aromatic N) is 1. The van der Waals surface area contributed by atoms with Gasteiger partial charge in [0, 0.05) is 31.2 Å². The second kappa shape index (κ2) is 7.99. The highest BCUT2D eigenvalue weighted by atomic mass is 35.5. The first-order chi connectivity index (χ1) is 11.7. The summed E-state index contributed by atoms with van der Waals surface area (Å²) in [7, 11) is -0.664. The molecule has 0 aliphatic heterocycles. The summed E-state index contributed by atoms with van der Waals surface area (Å²) in [4.78, 5) is 12.5. The fraction of sp³-hybridized carbons (Fsp3) is 0.278. The van der Waals surface area contributed by atoms with E-state index in [2.05, 4.69) is 5.32 Å². The Bertz CT molecular complexity index is 880. The van der Waals surface area contributed by atoms with E-state index in [1.807, 2.05) is 18.2 Å². The van der Waals surface area contributed by atoms with Crippen LogP contribution in [0.1, 0.15) is 21.5 Å². The zero-order valence-electron chi connectivity index (χ0n) is 14.4. The van der Waals surface area contributed by atoms with Gasteiger partial charge >= 0.3 is 0 Å². The molecule has 1 N–H and O–H groups in total. The number of hydrogen-bond acceptors (Lipinski definition) is 3. The fourth-order valence-electron chi connectivity index (χ4n) is 2.33. The summed E-state index contributed by atoms with van der Waals surface area (Å²) < 4.78 is 25.8. The van der Waals surface area contributed by atoms with E-state index in [-0.39, 0.29) is 10.8 Å². The largest absolute Gasteiger partial charge is 0.352 e. The van der Waals surface area contributed by atoms with Gasteiger partial charge < -0.3 is 5.32 Å². The lowest BCUT2D eigenvalue weighted by molar-refractivity contribution is 0.0954. The zero-order valence-corrected chi connectivity index (χ0v) is 16.0. The van der Waals surface area contributed by atoms with Crippen LogP contribution in [0.3, 0.4) is 0 Å². The second-order valence-corrected chi connectivity index (χ2v) is 8.46. The molecule has 2 rings (SSSR count). The number of rotatable bonds is 6. The molecule has 0 aliphatic carbocycles. The van der Waals surface area contributed by atoms with Crippen molar-refractivity contribution in [3.8, 4) is 0 Å². The van der Waals surface area contributed by atoms with E-state index in [1.54, 1.807) is 25.1 Å². The summed E-state index contributed by atoms with van der Waals surface area (Å²) in [6, 6.07) is 12.1. The van der Waals surface area contributed by atoms with Crippen LogP contribution in [0.5, 0.6) is 0 Å². The molecule has 2 aromatic carbocycles. The van der Waals surface area contributed by atoms with Gasteiger partial charge in [-0.25, -0.2) is 12.7 Å². The standard InChI is InChI=1S/C18H21ClN2O3S/c1-13-7-8-15(12-17(13)25(23,24)21(2)3)18(22)20-10-9-14-5-4-6-16(19)11-14/h4-8,11-12H,9-10H2,1-3H3,(H,20,22). The highest BCUT2D eigenvalue weighted by Gasteiger charge is 2.21. The molecular formula is C18H21ClN2O3S. The summed E-state index contributed by atoms with van der Waals surface area (Å²) in [5.74, 6) is -0.308. The van der Waals surface area contributed by atoms with Crippen LogP contribution in [0.25, 0.3) is 0 Å². The Balaban J connectivity index is 2.10. The minimum absolute atomic E-state index is 0.139. The van der Waals surface area contributed by atoms with Crippen LogP contribution in [0.15, 0.2) is 47.4 Å². The summed E-state index contributed by atoms with van der Waals surface area (Å²) in [6.07, 6.45) is 0.640. The van der Waals surface area contributed by atoms with Gasteiger partial charge in [0.1, 0.15) is 0 Å². The number of sulfonamides is 1. The van der Waals surface area contributed by atoms with Gasteiger partial charge in [-0.2, -0.15) is 0 Å². The second-order valence-electron chi connectivity index (χ2n) is 5.90. The Labute approximate surface area is 153 Å². The first-order valence-electron chi connectivity index (χ1n) is 7.77. The predicted molar refractivity (Wildman–Crippen MR) is 99.5 cm³/mol. The highest BCUT2D eigenvalue weighted by Crippen LogP contribution is 2.20. The van der Waals surface area contributed by atoms with Crippen LogP contribution in [0.2, 0.25) is 5.02 Å². The van der Waals surface area contributed by atoms with E-state index in [0.717, 1.165) is 9.87 Å². The first kappa shape index (κ1) is 19.4. The van der Waals surface area contributed by atoms with Crippen molar-refractivity contribution in [2.75, 3.05) is 20.6 Å². The molecule has 0 aromatic heterocycles. The maximum atomic E-state index is 12.3. The minimum atomic E-state index is -3.59. The summed E-state index contributed by atoms with van der Waals surface area (Å²) in [5, 5.41) is 3.46. The van der Waals surface area contributed by atoms with E-state index < -0.39 is 10.0 Å². The van der Waals surface area contributed by atoms with Gasteiger partial charge in [0.15, 0.2) is 0 Å². The molecular weight excluding hydrogens is 360 g/mol. The SMILES string of the molecule is Cc1ccc(C(=O)NCCc2cccc(Cl)c2)cc1S(=O)(=O)N(C)C. The van der Waals surface area contributed by atoms with Gasteiger partial charge in [-0.1, -0.05) is 29.8 Å². The van der Waals surface area contributed by atoms with Gasteiger partial charge in [-0.3, -0.25) is 4.79 Å². The first-order valence-corrected chi connectivity index (χ1v) is 9.59. The smallest absolute Gasteiger partial charge is 0.251 e. The molecule has 25 heavy (non-hydrogen) atoms. The third kappa shape index (κ3) is 4.81. The Morgan fingerprint density at radius 1 is 1.16 bits per heavy atom. The minimum Gasteiger partial charge on any atom is -0.352 e. The molecule has 0 saturated heterocycles. The molecule has 2 aromatic rings. The fourth-order valence-corrected chi connectivity index (χ4v) is 3.69. The summed E-state index contributed by atoms with van der Waals surface area (Å²) in [5.41, 5.74) is 1.94.